The third-order valence-electron chi connectivity index (χ3n) is 2.55. The van der Waals surface area contributed by atoms with Crippen molar-refractivity contribution in [2.45, 2.75) is 33.1 Å². The zero-order valence-electron chi connectivity index (χ0n) is 11.1. The average Bonchev–Trinajstić information content (AvgIpc) is 2.27. The van der Waals surface area contributed by atoms with Crippen molar-refractivity contribution in [3.8, 4) is 5.75 Å². The molecule has 0 amide bonds. The van der Waals surface area contributed by atoms with E-state index >= 15 is 0 Å². The van der Waals surface area contributed by atoms with Crippen LogP contribution in [-0.2, 0) is 14.9 Å². The van der Waals surface area contributed by atoms with Crippen molar-refractivity contribution in [1.82, 2.24) is 0 Å². The lowest BCUT2D eigenvalue weighted by molar-refractivity contribution is -0.137. The van der Waals surface area contributed by atoms with Gasteiger partial charge >= 0.3 is 5.97 Å². The Morgan fingerprint density at radius 2 is 1.89 bits per heavy atom. The number of hydrogen-bond acceptors (Lipinski definition) is 4. The molecule has 0 unspecified atom stereocenters. The monoisotopic (exact) mass is 250 g/mol. The average molecular weight is 250 g/mol. The topological polar surface area (TPSA) is 63.6 Å². The van der Waals surface area contributed by atoms with Gasteiger partial charge in [0.2, 0.25) is 0 Å². The van der Waals surface area contributed by atoms with Crippen molar-refractivity contribution in [2.24, 2.45) is 0 Å². The maximum absolute atomic E-state index is 11.8. The molecule has 4 nitrogen and oxygen atoms in total. The van der Waals surface area contributed by atoms with Gasteiger partial charge in [0, 0.05) is 0 Å². The molecule has 0 aliphatic heterocycles. The normalized spacial score (nSPS) is 11.1. The van der Waals surface area contributed by atoms with Gasteiger partial charge in [-0.15, -0.1) is 0 Å². The number of phenolic OH excluding ortho intramolecular Hbond substituents is 1. The van der Waals surface area contributed by atoms with E-state index in [9.17, 15) is 14.7 Å². The molecule has 4 heteroatoms. The van der Waals surface area contributed by atoms with E-state index in [2.05, 4.69) is 4.74 Å². The van der Waals surface area contributed by atoms with E-state index in [4.69, 9.17) is 0 Å². The van der Waals surface area contributed by atoms with Gasteiger partial charge in [-0.05, 0) is 24.0 Å². The Labute approximate surface area is 107 Å². The quantitative estimate of drug-likeness (QED) is 0.508. The molecule has 0 fully saturated rings. The number of carbonyl (C=O) groups excluding carboxylic acids is 2. The summed E-state index contributed by atoms with van der Waals surface area (Å²) in [4.78, 5) is 23.2. The summed E-state index contributed by atoms with van der Waals surface area (Å²) in [7, 11) is 0. The highest BCUT2D eigenvalue weighted by Crippen LogP contribution is 2.33. The Balaban J connectivity index is 3.20. The Bertz CT molecular complexity index is 469. The smallest absolute Gasteiger partial charge is 0.379 e. The number of rotatable bonds is 3. The Hall–Kier alpha value is -1.84. The third kappa shape index (κ3) is 2.88. The van der Waals surface area contributed by atoms with E-state index in [0.29, 0.717) is 5.56 Å². The number of aromatic hydroxyl groups is 1. The summed E-state index contributed by atoms with van der Waals surface area (Å²) < 4.78 is 4.64. The van der Waals surface area contributed by atoms with Crippen LogP contribution in [-0.4, -0.2) is 23.5 Å². The number of para-hydroxylation sites is 1. The van der Waals surface area contributed by atoms with Gasteiger partial charge < -0.3 is 9.84 Å². The summed E-state index contributed by atoms with van der Waals surface area (Å²) >= 11 is 0. The predicted octanol–water partition coefficient (Wildman–Crippen LogP) is 2.44. The van der Waals surface area contributed by atoms with Gasteiger partial charge in [0.15, 0.2) is 0 Å². The van der Waals surface area contributed by atoms with Crippen LogP contribution in [0, 0.1) is 0 Å². The van der Waals surface area contributed by atoms with Crippen molar-refractivity contribution >= 4 is 11.8 Å². The fraction of sp³-hybridized carbons (Fsp3) is 0.429. The van der Waals surface area contributed by atoms with E-state index in [1.165, 1.54) is 6.07 Å². The van der Waals surface area contributed by atoms with Crippen LogP contribution < -0.4 is 0 Å². The largest absolute Gasteiger partial charge is 0.507 e. The van der Waals surface area contributed by atoms with Gasteiger partial charge in [0.1, 0.15) is 5.75 Å². The van der Waals surface area contributed by atoms with Crippen molar-refractivity contribution < 1.29 is 19.4 Å². The molecule has 1 N–H and O–H groups in total. The number of ketones is 1. The fourth-order valence-corrected chi connectivity index (χ4v) is 1.64. The van der Waals surface area contributed by atoms with E-state index in [1.54, 1.807) is 19.1 Å². The van der Waals surface area contributed by atoms with E-state index in [1.807, 2.05) is 20.8 Å². The van der Waals surface area contributed by atoms with Crippen molar-refractivity contribution in [3.63, 3.8) is 0 Å². The van der Waals surface area contributed by atoms with Gasteiger partial charge in [0.25, 0.3) is 5.78 Å². The standard InChI is InChI=1S/C14H18O4/c1-5-18-13(17)12(16)9-7-6-8-10(11(9)15)14(2,3)4/h6-8,15H,5H2,1-4H3. The van der Waals surface area contributed by atoms with Gasteiger partial charge in [-0.25, -0.2) is 4.79 Å². The number of phenols is 1. The van der Waals surface area contributed by atoms with Gasteiger partial charge in [0.05, 0.1) is 12.2 Å². The van der Waals surface area contributed by atoms with Crippen molar-refractivity contribution in [3.05, 3.63) is 29.3 Å². The molecule has 0 heterocycles. The Kier molecular flexibility index (Phi) is 4.11. The lowest BCUT2D eigenvalue weighted by Gasteiger charge is -2.21. The number of hydrogen-bond donors (Lipinski definition) is 1. The number of esters is 1. The maximum Gasteiger partial charge on any atom is 0.379 e. The van der Waals surface area contributed by atoms with E-state index < -0.39 is 11.8 Å². The zero-order valence-corrected chi connectivity index (χ0v) is 11.1. The minimum atomic E-state index is -0.946. The van der Waals surface area contributed by atoms with Crippen LogP contribution in [0.3, 0.4) is 0 Å². The molecule has 1 rings (SSSR count). The molecule has 0 atom stereocenters. The number of carbonyl (C=O) groups is 2. The van der Waals surface area contributed by atoms with Crippen LogP contribution in [0.2, 0.25) is 0 Å². The lowest BCUT2D eigenvalue weighted by Crippen LogP contribution is -2.19. The number of benzene rings is 1. The second-order valence-electron chi connectivity index (χ2n) is 5.00. The molecule has 0 aliphatic rings. The first kappa shape index (κ1) is 14.2. The molecule has 1 aromatic carbocycles. The molecule has 0 saturated carbocycles. The van der Waals surface area contributed by atoms with Gasteiger partial charge in [-0.2, -0.15) is 0 Å². The van der Waals surface area contributed by atoms with Crippen LogP contribution in [0.15, 0.2) is 18.2 Å². The van der Waals surface area contributed by atoms with Gasteiger partial charge in [-0.3, -0.25) is 4.79 Å². The second-order valence-corrected chi connectivity index (χ2v) is 5.00. The summed E-state index contributed by atoms with van der Waals surface area (Å²) in [6.07, 6.45) is 0. The summed E-state index contributed by atoms with van der Waals surface area (Å²) in [6, 6.07) is 4.80. The summed E-state index contributed by atoms with van der Waals surface area (Å²) in [5, 5.41) is 10.1. The zero-order chi connectivity index (χ0) is 13.9. The highest BCUT2D eigenvalue weighted by Gasteiger charge is 2.26. The molecule has 1 aromatic rings. The molecule has 98 valence electrons. The first-order valence-corrected chi connectivity index (χ1v) is 5.83. The van der Waals surface area contributed by atoms with Gasteiger partial charge in [-0.1, -0.05) is 32.9 Å². The minimum absolute atomic E-state index is 0.0131. The molecule has 0 aromatic heterocycles. The first-order chi connectivity index (χ1) is 8.29. The maximum atomic E-state index is 11.8. The van der Waals surface area contributed by atoms with Crippen molar-refractivity contribution in [2.75, 3.05) is 6.61 Å². The second kappa shape index (κ2) is 5.21. The lowest BCUT2D eigenvalue weighted by atomic mass is 9.85. The highest BCUT2D eigenvalue weighted by atomic mass is 16.5. The van der Waals surface area contributed by atoms with Crippen LogP contribution in [0.4, 0.5) is 0 Å². The van der Waals surface area contributed by atoms with Crippen LogP contribution in [0.5, 0.6) is 5.75 Å². The van der Waals surface area contributed by atoms with E-state index in [-0.39, 0.29) is 23.3 Å². The third-order valence-corrected chi connectivity index (χ3v) is 2.55. The minimum Gasteiger partial charge on any atom is -0.507 e. The first-order valence-electron chi connectivity index (χ1n) is 5.83. The summed E-state index contributed by atoms with van der Waals surface area (Å²) in [5.41, 5.74) is 0.299. The van der Waals surface area contributed by atoms with Crippen LogP contribution in [0.25, 0.3) is 0 Å². The molecule has 0 aliphatic carbocycles. The number of Topliss-reactive ketones (excluding diaryl/α,β-unsaturated/α-hetero) is 1. The van der Waals surface area contributed by atoms with Crippen molar-refractivity contribution in [1.29, 1.82) is 0 Å². The molecule has 0 bridgehead atoms. The number of ether oxygens (including phenoxy) is 1. The molecule has 18 heavy (non-hydrogen) atoms. The highest BCUT2D eigenvalue weighted by molar-refractivity contribution is 6.41. The fourth-order valence-electron chi connectivity index (χ4n) is 1.64. The Morgan fingerprint density at radius 1 is 1.28 bits per heavy atom. The molecular formula is C14H18O4. The molecule has 0 spiro atoms. The molecular weight excluding hydrogens is 232 g/mol. The summed E-state index contributed by atoms with van der Waals surface area (Å²) in [6.45, 7) is 7.50. The van der Waals surface area contributed by atoms with Crippen LogP contribution >= 0.6 is 0 Å². The Morgan fingerprint density at radius 3 is 2.39 bits per heavy atom. The SMILES string of the molecule is CCOC(=O)C(=O)c1cccc(C(C)(C)C)c1O. The van der Waals surface area contributed by atoms with E-state index in [0.717, 1.165) is 0 Å². The molecule has 0 radical (unpaired) electrons. The van der Waals surface area contributed by atoms with Crippen LogP contribution in [0.1, 0.15) is 43.6 Å². The predicted molar refractivity (Wildman–Crippen MR) is 67.8 cm³/mol. The molecule has 0 saturated heterocycles. The summed E-state index contributed by atoms with van der Waals surface area (Å²) in [5.74, 6) is -1.91.